The second kappa shape index (κ2) is 3.59. The summed E-state index contributed by atoms with van der Waals surface area (Å²) in [5, 5.41) is 0. The summed E-state index contributed by atoms with van der Waals surface area (Å²) in [5.41, 5.74) is 3.77. The van der Waals surface area contributed by atoms with Crippen molar-refractivity contribution in [2.75, 3.05) is 0 Å². The largest absolute Gasteiger partial charge is 0.434 e. The zero-order chi connectivity index (χ0) is 12.8. The molecule has 2 rings (SSSR count). The molecular weight excluding hydrogens is 237 g/mol. The van der Waals surface area contributed by atoms with Crippen LogP contribution in [0.25, 0.3) is 5.65 Å². The molecule has 8 heteroatoms. The molecule has 0 aliphatic heterocycles. The van der Waals surface area contributed by atoms with E-state index in [-0.39, 0.29) is 5.65 Å². The maximum Gasteiger partial charge on any atom is 0.434 e. The zero-order valence-electron chi connectivity index (χ0n) is 8.75. The van der Waals surface area contributed by atoms with E-state index in [0.717, 1.165) is 10.6 Å². The molecule has 1 unspecified atom stereocenters. The summed E-state index contributed by atoms with van der Waals surface area (Å²) >= 11 is 0. The Balaban J connectivity index is 2.70. The number of fused-ring (bicyclic) bond motifs is 1. The summed E-state index contributed by atoms with van der Waals surface area (Å²) in [4.78, 5) is 17.1. The topological polar surface area (TPSA) is 76.2 Å². The molecule has 5 nitrogen and oxygen atoms in total. The fourth-order valence-electron chi connectivity index (χ4n) is 1.40. The van der Waals surface area contributed by atoms with Crippen molar-refractivity contribution in [3.8, 4) is 0 Å². The van der Waals surface area contributed by atoms with Gasteiger partial charge in [0, 0.05) is 18.4 Å². The molecule has 2 aromatic heterocycles. The maximum absolute atomic E-state index is 12.4. The molecule has 0 amide bonds. The Morgan fingerprint density at radius 1 is 1.47 bits per heavy atom. The summed E-state index contributed by atoms with van der Waals surface area (Å²) in [6.45, 7) is 1.61. The van der Waals surface area contributed by atoms with Crippen LogP contribution < -0.4 is 11.3 Å². The predicted octanol–water partition coefficient (Wildman–Crippen LogP) is 1.06. The minimum absolute atomic E-state index is 0.304. The summed E-state index contributed by atoms with van der Waals surface area (Å²) in [7, 11) is 0. The van der Waals surface area contributed by atoms with Crippen molar-refractivity contribution in [3.05, 3.63) is 34.1 Å². The average molecular weight is 246 g/mol. The Labute approximate surface area is 93.1 Å². The molecule has 2 aromatic rings. The molecule has 0 aliphatic carbocycles. The van der Waals surface area contributed by atoms with Gasteiger partial charge in [0.2, 0.25) is 5.65 Å². The van der Waals surface area contributed by atoms with Crippen LogP contribution in [-0.2, 0) is 6.18 Å². The van der Waals surface area contributed by atoms with E-state index in [1.54, 1.807) is 6.92 Å². The molecule has 0 radical (unpaired) electrons. The first-order valence-corrected chi connectivity index (χ1v) is 4.73. The van der Waals surface area contributed by atoms with Gasteiger partial charge in [-0.15, -0.1) is 0 Å². The minimum Gasteiger partial charge on any atom is -0.323 e. The number of nitrogens with one attached hydrogen (secondary N) is 1. The SMILES string of the molecule is CC(N)c1cn2cc(C(F)(F)F)nc2c(=O)[nH]1. The monoisotopic (exact) mass is 246 g/mol. The van der Waals surface area contributed by atoms with Gasteiger partial charge in [0.15, 0.2) is 5.69 Å². The third-order valence-electron chi connectivity index (χ3n) is 2.25. The normalized spacial score (nSPS) is 14.2. The van der Waals surface area contributed by atoms with Crippen molar-refractivity contribution >= 4 is 5.65 Å². The van der Waals surface area contributed by atoms with Gasteiger partial charge in [0.1, 0.15) is 0 Å². The number of aromatic nitrogens is 3. The number of imidazole rings is 1. The zero-order valence-corrected chi connectivity index (χ0v) is 8.75. The molecule has 17 heavy (non-hydrogen) atoms. The summed E-state index contributed by atoms with van der Waals surface area (Å²) < 4.78 is 38.2. The minimum atomic E-state index is -4.58. The van der Waals surface area contributed by atoms with Gasteiger partial charge in [-0.05, 0) is 6.92 Å². The van der Waals surface area contributed by atoms with Gasteiger partial charge in [0.05, 0.1) is 5.69 Å². The highest BCUT2D eigenvalue weighted by Crippen LogP contribution is 2.27. The lowest BCUT2D eigenvalue weighted by Gasteiger charge is -2.04. The van der Waals surface area contributed by atoms with Gasteiger partial charge >= 0.3 is 6.18 Å². The van der Waals surface area contributed by atoms with Gasteiger partial charge in [-0.2, -0.15) is 13.2 Å². The number of nitrogens with zero attached hydrogens (tertiary/aromatic N) is 2. The van der Waals surface area contributed by atoms with Crippen molar-refractivity contribution in [1.82, 2.24) is 14.4 Å². The number of hydrogen-bond acceptors (Lipinski definition) is 3. The van der Waals surface area contributed by atoms with Gasteiger partial charge in [-0.3, -0.25) is 4.79 Å². The van der Waals surface area contributed by atoms with E-state index >= 15 is 0 Å². The highest BCUT2D eigenvalue weighted by atomic mass is 19.4. The highest BCUT2D eigenvalue weighted by Gasteiger charge is 2.34. The van der Waals surface area contributed by atoms with E-state index in [1.807, 2.05) is 0 Å². The second-order valence-electron chi connectivity index (χ2n) is 3.68. The van der Waals surface area contributed by atoms with Crippen molar-refractivity contribution < 1.29 is 13.2 Å². The summed E-state index contributed by atoms with van der Waals surface area (Å²) in [6, 6.07) is -0.483. The lowest BCUT2D eigenvalue weighted by atomic mass is 10.3. The Morgan fingerprint density at radius 3 is 2.65 bits per heavy atom. The molecule has 92 valence electrons. The van der Waals surface area contributed by atoms with Gasteiger partial charge < -0.3 is 15.1 Å². The number of H-pyrrole nitrogens is 1. The Hall–Kier alpha value is -1.83. The number of hydrogen-bond donors (Lipinski definition) is 2. The van der Waals surface area contributed by atoms with Crippen LogP contribution in [0.1, 0.15) is 24.4 Å². The second-order valence-corrected chi connectivity index (χ2v) is 3.68. The van der Waals surface area contributed by atoms with Gasteiger partial charge in [0.25, 0.3) is 5.56 Å². The van der Waals surface area contributed by atoms with Crippen LogP contribution in [0.4, 0.5) is 13.2 Å². The van der Waals surface area contributed by atoms with Gasteiger partial charge in [-0.25, -0.2) is 4.98 Å². The first kappa shape index (κ1) is 11.6. The van der Waals surface area contributed by atoms with Crippen LogP contribution in [0.3, 0.4) is 0 Å². The maximum atomic E-state index is 12.4. The van der Waals surface area contributed by atoms with Crippen molar-refractivity contribution in [2.45, 2.75) is 19.1 Å². The third-order valence-corrected chi connectivity index (χ3v) is 2.25. The average Bonchev–Trinajstić information content (AvgIpc) is 2.60. The smallest absolute Gasteiger partial charge is 0.323 e. The fraction of sp³-hybridized carbons (Fsp3) is 0.333. The van der Waals surface area contributed by atoms with E-state index in [1.165, 1.54) is 6.20 Å². The molecule has 0 saturated heterocycles. The first-order valence-electron chi connectivity index (χ1n) is 4.73. The van der Waals surface area contributed by atoms with E-state index in [4.69, 9.17) is 5.73 Å². The van der Waals surface area contributed by atoms with E-state index in [0.29, 0.717) is 5.69 Å². The van der Waals surface area contributed by atoms with Crippen molar-refractivity contribution in [2.24, 2.45) is 5.73 Å². The van der Waals surface area contributed by atoms with Crippen LogP contribution in [0.5, 0.6) is 0 Å². The van der Waals surface area contributed by atoms with E-state index in [2.05, 4.69) is 9.97 Å². The number of rotatable bonds is 1. The summed E-state index contributed by atoms with van der Waals surface area (Å²) in [5.74, 6) is 0. The number of halogens is 3. The van der Waals surface area contributed by atoms with Crippen LogP contribution in [0, 0.1) is 0 Å². The van der Waals surface area contributed by atoms with Crippen LogP contribution in [-0.4, -0.2) is 14.4 Å². The Kier molecular flexibility index (Phi) is 2.46. The van der Waals surface area contributed by atoms with E-state index in [9.17, 15) is 18.0 Å². The number of alkyl halides is 3. The molecule has 0 bridgehead atoms. The molecule has 0 fully saturated rings. The molecule has 0 saturated carbocycles. The van der Waals surface area contributed by atoms with Crippen LogP contribution in [0.2, 0.25) is 0 Å². The Bertz CT molecular complexity index is 611. The molecule has 0 aliphatic rings. The fourth-order valence-corrected chi connectivity index (χ4v) is 1.40. The lowest BCUT2D eigenvalue weighted by Crippen LogP contribution is -2.17. The predicted molar refractivity (Wildman–Crippen MR) is 53.4 cm³/mol. The molecular formula is C9H9F3N4O. The molecule has 0 spiro atoms. The Morgan fingerprint density at radius 2 is 2.12 bits per heavy atom. The van der Waals surface area contributed by atoms with Gasteiger partial charge in [-0.1, -0.05) is 0 Å². The molecule has 2 heterocycles. The van der Waals surface area contributed by atoms with Crippen LogP contribution in [0.15, 0.2) is 17.2 Å². The third kappa shape index (κ3) is 2.03. The quantitative estimate of drug-likeness (QED) is 0.789. The van der Waals surface area contributed by atoms with Crippen molar-refractivity contribution in [3.63, 3.8) is 0 Å². The summed E-state index contributed by atoms with van der Waals surface area (Å²) in [6.07, 6.45) is -2.49. The molecule has 3 N–H and O–H groups in total. The van der Waals surface area contributed by atoms with Crippen LogP contribution >= 0.6 is 0 Å². The van der Waals surface area contributed by atoms with Crippen molar-refractivity contribution in [1.29, 1.82) is 0 Å². The highest BCUT2D eigenvalue weighted by molar-refractivity contribution is 5.38. The van der Waals surface area contributed by atoms with E-state index < -0.39 is 23.5 Å². The first-order chi connectivity index (χ1) is 7.79. The standard InChI is InChI=1S/C9H9F3N4O/c1-4(13)5-2-16-3-6(9(10,11)12)15-7(16)8(17)14-5/h2-4H,13H2,1H3,(H,14,17). The lowest BCUT2D eigenvalue weighted by molar-refractivity contribution is -0.140. The number of aromatic amines is 1. The number of nitrogens with two attached hydrogens (primary N) is 1. The molecule has 1 atom stereocenters. The molecule has 0 aromatic carbocycles.